The Balaban J connectivity index is 0.000000313. The third-order valence-electron chi connectivity index (χ3n) is 19.9. The molecule has 646 valence electrons. The predicted octanol–water partition coefficient (Wildman–Crippen LogP) is 4.99. The Morgan fingerprint density at radius 1 is 0.484 bits per heavy atom. The number of anilines is 3. The maximum atomic E-state index is 12.0. The number of esters is 1. The van der Waals surface area contributed by atoms with Crippen molar-refractivity contribution in [1.82, 2.24) is 35.0 Å². The van der Waals surface area contributed by atoms with Crippen LogP contribution in [0.1, 0.15) is 112 Å². The van der Waals surface area contributed by atoms with Gasteiger partial charge in [-0.2, -0.15) is 0 Å². The van der Waals surface area contributed by atoms with Crippen LogP contribution in [0, 0.1) is 0 Å². The molecule has 6 heterocycles. The number of pyridine rings is 3. The molecule has 9 N–H and O–H groups in total. The van der Waals surface area contributed by atoms with Gasteiger partial charge >= 0.3 is 71.1 Å². The number of rotatable bonds is 29. The zero-order chi connectivity index (χ0) is 87.3. The summed E-state index contributed by atoms with van der Waals surface area (Å²) in [5, 5.41) is 91.9. The van der Waals surface area contributed by atoms with E-state index in [1.54, 1.807) is 89.5 Å². The molecule has 6 atom stereocenters. The summed E-state index contributed by atoms with van der Waals surface area (Å²) in [6, 6.07) is 49.3. The molecule has 0 bridgehead atoms. The minimum atomic E-state index is -1.24. The summed E-state index contributed by atoms with van der Waals surface area (Å²) in [7, 11) is 2.55. The fourth-order valence-corrected chi connectivity index (χ4v) is 15.3. The first-order valence-electron chi connectivity index (χ1n) is 38.2. The van der Waals surface area contributed by atoms with E-state index in [-0.39, 0.29) is 149 Å². The number of aromatic nitrogens is 3. The van der Waals surface area contributed by atoms with Crippen LogP contribution in [0.5, 0.6) is 17.2 Å². The Hall–Kier alpha value is -7.25. The average Bonchev–Trinajstić information content (AvgIpc) is 0.789. The van der Waals surface area contributed by atoms with Crippen molar-refractivity contribution >= 4 is 111 Å². The summed E-state index contributed by atoms with van der Waals surface area (Å²) in [6.07, 6.45) is 4.49. The number of aromatic carboxylic acids is 1. The van der Waals surface area contributed by atoms with Crippen molar-refractivity contribution in [2.45, 2.75) is 62.6 Å². The average molecular weight is 1820 g/mol. The van der Waals surface area contributed by atoms with Gasteiger partial charge in [0.25, 0.3) is 12.4 Å². The van der Waals surface area contributed by atoms with Gasteiger partial charge in [0.05, 0.1) is 76.7 Å². The van der Waals surface area contributed by atoms with Gasteiger partial charge in [0, 0.05) is 161 Å². The van der Waals surface area contributed by atoms with E-state index in [1.165, 1.54) is 18.5 Å². The molecular formula is C86H100Cl6N10Na2O18. The van der Waals surface area contributed by atoms with Crippen LogP contribution in [0.4, 0.5) is 17.1 Å². The van der Waals surface area contributed by atoms with Crippen LogP contribution in [0.3, 0.4) is 0 Å². The molecule has 0 radical (unpaired) electrons. The molecule has 0 aliphatic carbocycles. The van der Waals surface area contributed by atoms with Crippen molar-refractivity contribution in [1.29, 1.82) is 0 Å². The summed E-state index contributed by atoms with van der Waals surface area (Å²) in [5.74, 6) is -0.0930. The van der Waals surface area contributed by atoms with Gasteiger partial charge in [-0.15, -0.1) is 0 Å². The first-order chi connectivity index (χ1) is 57.5. The summed E-state index contributed by atoms with van der Waals surface area (Å²) in [4.78, 5) is 71.9. The minimum absolute atomic E-state index is 0. The molecule has 28 nitrogen and oxygen atoms in total. The SMILES string of the molecule is CCOC(=O)c1ccc([C@](C)(O)CN2CCN(c3ccc(OCCO)cc3Cl)[C@H](c3ccc(Cl)cc3)C2)cn1.CNC(=O)c1ccc([C@](C)(O)CN2CCN(c3ccc(OCCO)cc3Cl)[C@H](c3ccc(Cl)cc3)C2)cn1.CO.C[C@@](O)(CN1CCN(c2ccc(OCCO)cc2Cl)[C@H](c2ccc(Cl)cc2)C1)c1ccc(C(=O)O)nc1.O=CO[O-].[H-].[Na+].[Na+]. The maximum absolute atomic E-state index is 12.0. The predicted molar refractivity (Wildman–Crippen MR) is 460 cm³/mol. The molecule has 122 heavy (non-hydrogen) atoms. The van der Waals surface area contributed by atoms with Gasteiger partial charge in [0.15, 0.2) is 0 Å². The van der Waals surface area contributed by atoms with Crippen LogP contribution < -0.4 is 98.6 Å². The number of β-amino-alcohol motifs (C(OH)–C–C–N with tert-alkyl or cyclic N) is 3. The second-order valence-corrected chi connectivity index (χ2v) is 31.0. The van der Waals surface area contributed by atoms with Gasteiger partial charge in [-0.25, -0.2) is 19.6 Å². The molecule has 3 saturated heterocycles. The van der Waals surface area contributed by atoms with Crippen LogP contribution in [0.2, 0.25) is 30.1 Å². The standard InChI is InChI=1S/C29H33Cl2N3O5.C28H32Cl2N4O4.C27H29Cl2N3O5.CH2O3.CH4O.2Na.H/c1-3-38-28(36)25-10-6-21(17-32-25)29(2,37)19-33-12-13-34(27(18-33)20-4-7-22(30)8-5-20)26-11-9-23(16-24(26)31)39-15-14-35;1-28(37,20-5-9-24(32-16-20)27(36)31-2)18-33-11-12-34(26(17-33)19-3-6-21(29)7-4-19)25-10-8-22(15-23(25)30)38-14-13-35;1-27(36,19-4-8-23(26(34)35)30-15-19)17-31-10-11-32(25(16-31)18-2-5-20(28)6-3-18)24-9-7-21(14-22(24)29)37-13-12-33;2-1-4-3;1-2;;;/h4-11,16-17,27,35,37H,3,12-15,18-19H2,1-2H3;3-10,15-16,26,35,37H,11-14,17-18H2,1-2H3,(H,31,36);2-9,14-15,25,33,36H,10-13,16-17H2,1H3,(H,34,35);1,3H;2H,1H3;;;/q;;;;;2*+1;-1/p-1/t27-,29+;26-,28+;25-,27+;;;;;/m000...../s1. The van der Waals surface area contributed by atoms with E-state index in [0.29, 0.717) is 148 Å². The number of carboxylic acids is 1. The van der Waals surface area contributed by atoms with E-state index in [4.69, 9.17) is 124 Å². The van der Waals surface area contributed by atoms with Crippen molar-refractivity contribution in [3.63, 3.8) is 0 Å². The Morgan fingerprint density at radius 2 is 0.779 bits per heavy atom. The van der Waals surface area contributed by atoms with Crippen LogP contribution in [0.15, 0.2) is 182 Å². The number of benzene rings is 6. The Kier molecular flexibility index (Phi) is 43.1. The van der Waals surface area contributed by atoms with Gasteiger partial charge < -0.3 is 91.4 Å². The fourth-order valence-electron chi connectivity index (χ4n) is 14.1. The zero-order valence-corrected chi connectivity index (χ0v) is 77.6. The van der Waals surface area contributed by atoms with Crippen molar-refractivity contribution < 1.29 is 150 Å². The van der Waals surface area contributed by atoms with E-state index < -0.39 is 28.7 Å². The normalized spacial score (nSPS) is 16.7. The van der Waals surface area contributed by atoms with E-state index >= 15 is 0 Å². The van der Waals surface area contributed by atoms with Gasteiger partial charge in [-0.05, 0) is 135 Å². The molecule has 6 aromatic carbocycles. The molecule has 0 unspecified atom stereocenters. The van der Waals surface area contributed by atoms with Gasteiger partial charge in [-0.1, -0.05) is 124 Å². The van der Waals surface area contributed by atoms with E-state index in [1.807, 2.05) is 109 Å². The van der Waals surface area contributed by atoms with E-state index in [2.05, 4.69) is 54.6 Å². The Morgan fingerprint density at radius 3 is 1.02 bits per heavy atom. The molecule has 0 saturated carbocycles. The smallest absolute Gasteiger partial charge is 1.00 e. The second-order valence-electron chi connectivity index (χ2n) is 28.5. The number of carbonyl (C=O) groups excluding carboxylic acids is 3. The first kappa shape index (κ1) is 104. The molecule has 12 rings (SSSR count). The number of aliphatic hydroxyl groups excluding tert-OH is 4. The molecule has 3 aliphatic heterocycles. The number of carbonyl (C=O) groups is 4. The van der Waals surface area contributed by atoms with Crippen molar-refractivity contribution in [3.05, 3.63) is 263 Å². The summed E-state index contributed by atoms with van der Waals surface area (Å²) >= 11 is 38.6. The van der Waals surface area contributed by atoms with Gasteiger partial charge in [-0.3, -0.25) is 29.3 Å². The van der Waals surface area contributed by atoms with Crippen molar-refractivity contribution in [3.8, 4) is 17.2 Å². The summed E-state index contributed by atoms with van der Waals surface area (Å²) < 4.78 is 21.5. The molecule has 1 amide bonds. The number of nitrogens with zero attached hydrogens (tertiary/aromatic N) is 9. The molecule has 0 spiro atoms. The number of nitrogens with one attached hydrogen (secondary N) is 1. The number of ether oxygens (including phenoxy) is 4. The zero-order valence-electron chi connectivity index (χ0n) is 70.0. The number of carboxylic acid groups (broad SMARTS) is 1. The maximum Gasteiger partial charge on any atom is 1.00 e. The quantitative estimate of drug-likeness (QED) is 0.00980. The largest absolute Gasteiger partial charge is 1.00 e. The Bertz CT molecular complexity index is 4750. The van der Waals surface area contributed by atoms with Gasteiger partial charge in [0.1, 0.15) is 71.0 Å². The Labute approximate surface area is 785 Å². The van der Waals surface area contributed by atoms with Crippen LogP contribution in [0.25, 0.3) is 0 Å². The van der Waals surface area contributed by atoms with E-state index in [9.17, 15) is 29.7 Å². The number of amides is 1. The first-order valence-corrected chi connectivity index (χ1v) is 40.5. The molecule has 3 aliphatic rings. The summed E-state index contributed by atoms with van der Waals surface area (Å²) in [6.45, 7) is 14.4. The molecule has 3 fully saturated rings. The number of hydrogen-bond donors (Lipinski definition) is 9. The van der Waals surface area contributed by atoms with Gasteiger partial charge in [0.2, 0.25) is 0 Å². The molecule has 3 aromatic heterocycles. The minimum Gasteiger partial charge on any atom is -1.00 e. The number of halogens is 6. The topological polar surface area (TPSA) is 369 Å². The van der Waals surface area contributed by atoms with Crippen LogP contribution in [-0.2, 0) is 31.2 Å². The third-order valence-corrected chi connectivity index (χ3v) is 21.5. The number of hydrogen-bond acceptors (Lipinski definition) is 26. The number of aliphatic hydroxyl groups is 7. The van der Waals surface area contributed by atoms with Crippen molar-refractivity contribution in [2.24, 2.45) is 0 Å². The summed E-state index contributed by atoms with van der Waals surface area (Å²) in [5.41, 5.74) is 4.43. The monoisotopic (exact) mass is 1820 g/mol. The molecular weight excluding hydrogens is 1720 g/mol. The molecule has 9 aromatic rings. The second kappa shape index (κ2) is 50.8. The molecule has 36 heteroatoms. The van der Waals surface area contributed by atoms with Crippen LogP contribution in [-0.4, -0.2) is 234 Å². The number of piperazine rings is 3. The third kappa shape index (κ3) is 29.7. The van der Waals surface area contributed by atoms with E-state index in [0.717, 1.165) is 40.9 Å². The van der Waals surface area contributed by atoms with Crippen LogP contribution >= 0.6 is 69.6 Å². The van der Waals surface area contributed by atoms with Crippen molar-refractivity contribution in [2.75, 3.05) is 154 Å². The fraction of sp³-hybridized carbons (Fsp3) is 0.360.